The summed E-state index contributed by atoms with van der Waals surface area (Å²) in [7, 11) is 0. The lowest BCUT2D eigenvalue weighted by atomic mass is 9.93. The third kappa shape index (κ3) is 2.90. The average Bonchev–Trinajstić information content (AvgIpc) is 2.17. The van der Waals surface area contributed by atoms with Crippen molar-refractivity contribution >= 4 is 12.4 Å². The van der Waals surface area contributed by atoms with Gasteiger partial charge in [0.15, 0.2) is 0 Å². The van der Waals surface area contributed by atoms with Crippen LogP contribution < -0.4 is 5.73 Å². The van der Waals surface area contributed by atoms with Gasteiger partial charge in [-0.2, -0.15) is 0 Å². The number of hydrogen-bond donors (Lipinski definition) is 2. The Hall–Kier alpha value is -0.710. The Kier molecular flexibility index (Phi) is 5.32. The highest BCUT2D eigenvalue weighted by Gasteiger charge is 2.38. The van der Waals surface area contributed by atoms with Crippen LogP contribution in [0.3, 0.4) is 0 Å². The van der Waals surface area contributed by atoms with Gasteiger partial charge >= 0.3 is 0 Å². The minimum absolute atomic E-state index is 0. The van der Waals surface area contributed by atoms with E-state index in [-0.39, 0.29) is 12.4 Å². The number of alkyl halides is 2. The van der Waals surface area contributed by atoms with Crippen molar-refractivity contribution in [3.63, 3.8) is 0 Å². The van der Waals surface area contributed by atoms with Crippen molar-refractivity contribution in [1.82, 2.24) is 0 Å². The molecule has 0 saturated carbocycles. The largest absolute Gasteiger partial charge is 0.390 e. The van der Waals surface area contributed by atoms with Gasteiger partial charge in [-0.1, -0.05) is 18.2 Å². The highest BCUT2D eigenvalue weighted by Crippen LogP contribution is 2.32. The number of aliphatic hydroxyl groups is 1. The van der Waals surface area contributed by atoms with Crippen molar-refractivity contribution in [3.05, 3.63) is 34.9 Å². The van der Waals surface area contributed by atoms with Crippen LogP contribution in [0.25, 0.3) is 0 Å². The summed E-state index contributed by atoms with van der Waals surface area (Å²) in [5.41, 5.74) is 7.32. The van der Waals surface area contributed by atoms with E-state index >= 15 is 0 Å². The van der Waals surface area contributed by atoms with Crippen LogP contribution in [0.4, 0.5) is 8.78 Å². The second-order valence-electron chi connectivity index (χ2n) is 3.70. The standard InChI is InChI=1S/C11H15F2NO.ClH/c1-7-4-3-5-8(2)9(7)10(14)11(12,13)6-15;/h3-5,10,15H,6,14H2,1-2H3;1H/t10-;/m1./s1. The summed E-state index contributed by atoms with van der Waals surface area (Å²) in [6.07, 6.45) is 0. The molecule has 1 aromatic carbocycles. The lowest BCUT2D eigenvalue weighted by Crippen LogP contribution is -2.37. The summed E-state index contributed by atoms with van der Waals surface area (Å²) < 4.78 is 26.4. The first-order valence-electron chi connectivity index (χ1n) is 4.70. The Morgan fingerprint density at radius 3 is 2.12 bits per heavy atom. The first-order valence-corrected chi connectivity index (χ1v) is 4.70. The zero-order valence-electron chi connectivity index (χ0n) is 9.21. The third-order valence-electron chi connectivity index (χ3n) is 2.52. The number of aryl methyl sites for hydroxylation is 2. The van der Waals surface area contributed by atoms with E-state index in [0.29, 0.717) is 5.56 Å². The Labute approximate surface area is 99.9 Å². The van der Waals surface area contributed by atoms with Crippen LogP contribution in [-0.4, -0.2) is 17.6 Å². The maximum Gasteiger partial charge on any atom is 0.289 e. The maximum atomic E-state index is 13.2. The molecule has 0 radical (unpaired) electrons. The van der Waals surface area contributed by atoms with Crippen molar-refractivity contribution in [1.29, 1.82) is 0 Å². The molecule has 2 nitrogen and oxygen atoms in total. The van der Waals surface area contributed by atoms with Crippen LogP contribution in [0.1, 0.15) is 22.7 Å². The predicted octanol–water partition coefficient (Wildman–Crippen LogP) is 2.35. The zero-order chi connectivity index (χ0) is 11.6. The van der Waals surface area contributed by atoms with E-state index in [2.05, 4.69) is 0 Å². The van der Waals surface area contributed by atoms with Gasteiger partial charge in [-0.3, -0.25) is 0 Å². The molecule has 0 saturated heterocycles. The van der Waals surface area contributed by atoms with E-state index < -0.39 is 18.6 Å². The van der Waals surface area contributed by atoms with E-state index in [0.717, 1.165) is 11.1 Å². The Morgan fingerprint density at radius 2 is 1.75 bits per heavy atom. The van der Waals surface area contributed by atoms with Gasteiger partial charge in [0.05, 0.1) is 6.04 Å². The first-order chi connectivity index (χ1) is 6.90. The topological polar surface area (TPSA) is 46.2 Å². The van der Waals surface area contributed by atoms with Gasteiger partial charge in [0.2, 0.25) is 0 Å². The minimum Gasteiger partial charge on any atom is -0.390 e. The van der Waals surface area contributed by atoms with Crippen LogP contribution >= 0.6 is 12.4 Å². The Bertz CT molecular complexity index is 338. The van der Waals surface area contributed by atoms with Crippen molar-refractivity contribution < 1.29 is 13.9 Å². The van der Waals surface area contributed by atoms with Crippen LogP contribution in [0.2, 0.25) is 0 Å². The molecular formula is C11H16ClF2NO. The normalized spacial score (nSPS) is 13.1. The van der Waals surface area contributed by atoms with E-state index in [4.69, 9.17) is 10.8 Å². The fraction of sp³-hybridized carbons (Fsp3) is 0.455. The molecule has 92 valence electrons. The van der Waals surface area contributed by atoms with Gasteiger partial charge in [0.1, 0.15) is 6.61 Å². The number of halogens is 3. The van der Waals surface area contributed by atoms with Gasteiger partial charge in [0, 0.05) is 0 Å². The fourth-order valence-corrected chi connectivity index (χ4v) is 1.63. The molecule has 0 heterocycles. The van der Waals surface area contributed by atoms with Gasteiger partial charge in [0.25, 0.3) is 5.92 Å². The molecule has 3 N–H and O–H groups in total. The molecular weight excluding hydrogens is 236 g/mol. The summed E-state index contributed by atoms with van der Waals surface area (Å²) in [4.78, 5) is 0. The van der Waals surface area contributed by atoms with Gasteiger partial charge in [-0.05, 0) is 30.5 Å². The summed E-state index contributed by atoms with van der Waals surface area (Å²) in [5, 5.41) is 8.58. The second-order valence-corrected chi connectivity index (χ2v) is 3.70. The Balaban J connectivity index is 0.00000225. The molecule has 0 amide bonds. The SMILES string of the molecule is Cc1cccc(C)c1[C@@H](N)C(F)(F)CO.Cl. The van der Waals surface area contributed by atoms with Crippen LogP contribution in [-0.2, 0) is 0 Å². The molecule has 0 aliphatic rings. The smallest absolute Gasteiger partial charge is 0.289 e. The third-order valence-corrected chi connectivity index (χ3v) is 2.52. The molecule has 0 aromatic heterocycles. The highest BCUT2D eigenvalue weighted by atomic mass is 35.5. The molecule has 16 heavy (non-hydrogen) atoms. The molecule has 0 aliphatic heterocycles. The van der Waals surface area contributed by atoms with E-state index in [1.165, 1.54) is 0 Å². The van der Waals surface area contributed by atoms with E-state index in [1.807, 2.05) is 0 Å². The molecule has 0 bridgehead atoms. The van der Waals surface area contributed by atoms with Crippen molar-refractivity contribution in [2.24, 2.45) is 5.73 Å². The highest BCUT2D eigenvalue weighted by molar-refractivity contribution is 5.85. The van der Waals surface area contributed by atoms with Crippen molar-refractivity contribution in [2.75, 3.05) is 6.61 Å². The molecule has 1 rings (SSSR count). The molecule has 0 fully saturated rings. The molecule has 5 heteroatoms. The number of hydrogen-bond acceptors (Lipinski definition) is 2. The molecule has 0 spiro atoms. The van der Waals surface area contributed by atoms with E-state index in [9.17, 15) is 8.78 Å². The van der Waals surface area contributed by atoms with Crippen LogP contribution in [0.5, 0.6) is 0 Å². The van der Waals surface area contributed by atoms with Crippen molar-refractivity contribution in [3.8, 4) is 0 Å². The summed E-state index contributed by atoms with van der Waals surface area (Å²) >= 11 is 0. The zero-order valence-corrected chi connectivity index (χ0v) is 10.0. The van der Waals surface area contributed by atoms with Gasteiger partial charge < -0.3 is 10.8 Å². The number of benzene rings is 1. The van der Waals surface area contributed by atoms with Crippen LogP contribution in [0, 0.1) is 13.8 Å². The molecule has 1 atom stereocenters. The molecule has 0 aliphatic carbocycles. The van der Waals surface area contributed by atoms with Gasteiger partial charge in [-0.25, -0.2) is 8.78 Å². The predicted molar refractivity (Wildman–Crippen MR) is 62.1 cm³/mol. The van der Waals surface area contributed by atoms with E-state index in [1.54, 1.807) is 32.0 Å². The monoisotopic (exact) mass is 251 g/mol. The van der Waals surface area contributed by atoms with Gasteiger partial charge in [-0.15, -0.1) is 12.4 Å². The summed E-state index contributed by atoms with van der Waals surface area (Å²) in [6, 6.07) is 3.80. The number of aliphatic hydroxyl groups excluding tert-OH is 1. The fourth-order valence-electron chi connectivity index (χ4n) is 1.63. The maximum absolute atomic E-state index is 13.2. The summed E-state index contributed by atoms with van der Waals surface area (Å²) in [6.45, 7) is 2.23. The second kappa shape index (κ2) is 5.57. The van der Waals surface area contributed by atoms with Crippen molar-refractivity contribution in [2.45, 2.75) is 25.8 Å². The minimum atomic E-state index is -3.28. The first kappa shape index (κ1) is 15.3. The number of nitrogens with two attached hydrogens (primary N) is 1. The van der Waals surface area contributed by atoms with Crippen LogP contribution in [0.15, 0.2) is 18.2 Å². The summed E-state index contributed by atoms with van der Waals surface area (Å²) in [5.74, 6) is -3.28. The number of rotatable bonds is 3. The molecule has 1 aromatic rings. The lowest BCUT2D eigenvalue weighted by molar-refractivity contribution is -0.0714. The Morgan fingerprint density at radius 1 is 1.31 bits per heavy atom. The average molecular weight is 252 g/mol. The lowest BCUT2D eigenvalue weighted by Gasteiger charge is -2.24. The quantitative estimate of drug-likeness (QED) is 0.866. The molecule has 0 unspecified atom stereocenters.